The van der Waals surface area contributed by atoms with Crippen LogP contribution in [0, 0.1) is 12.3 Å². The average molecular weight is 124 g/mol. The molecule has 0 amide bonds. The normalized spacial score (nSPS) is 13.1. The molecule has 0 fully saturated rings. The van der Waals surface area contributed by atoms with Crippen molar-refractivity contribution < 1.29 is 4.39 Å². The van der Waals surface area contributed by atoms with E-state index in [9.17, 15) is 4.39 Å². The number of allylic oxidation sites excluding steroid dienone is 4. The summed E-state index contributed by atoms with van der Waals surface area (Å²) < 4.78 is 12.4. The average Bonchev–Trinajstić information content (AvgIpc) is 1.87. The SMILES string of the molecule is C#C/C(C)=C(F)/C=C\C. The summed E-state index contributed by atoms with van der Waals surface area (Å²) in [5.74, 6) is 1.87. The summed E-state index contributed by atoms with van der Waals surface area (Å²) in [4.78, 5) is 0. The van der Waals surface area contributed by atoms with Crippen molar-refractivity contribution >= 4 is 0 Å². The van der Waals surface area contributed by atoms with E-state index in [1.807, 2.05) is 0 Å². The first-order valence-electron chi connectivity index (χ1n) is 2.68. The molecule has 0 aliphatic carbocycles. The minimum absolute atomic E-state index is 0.333. The van der Waals surface area contributed by atoms with E-state index in [1.54, 1.807) is 19.9 Å². The molecule has 0 N–H and O–H groups in total. The molecule has 1 heteroatoms. The van der Waals surface area contributed by atoms with E-state index in [2.05, 4.69) is 5.92 Å². The van der Waals surface area contributed by atoms with Crippen LogP contribution in [0.5, 0.6) is 0 Å². The lowest BCUT2D eigenvalue weighted by Gasteiger charge is -1.86. The van der Waals surface area contributed by atoms with Crippen LogP contribution in [0.1, 0.15) is 13.8 Å². The Morgan fingerprint density at radius 1 is 1.67 bits per heavy atom. The first-order chi connectivity index (χ1) is 4.22. The van der Waals surface area contributed by atoms with Crippen LogP contribution in [0.4, 0.5) is 4.39 Å². The lowest BCUT2D eigenvalue weighted by molar-refractivity contribution is 0.659. The molecule has 0 aliphatic heterocycles. The van der Waals surface area contributed by atoms with Crippen molar-refractivity contribution in [3.8, 4) is 12.3 Å². The Bertz CT molecular complexity index is 179. The predicted molar refractivity (Wildman–Crippen MR) is 37.5 cm³/mol. The lowest BCUT2D eigenvalue weighted by Crippen LogP contribution is -1.72. The summed E-state index contributed by atoms with van der Waals surface area (Å²) in [6.07, 6.45) is 7.87. The molecule has 0 rings (SSSR count). The van der Waals surface area contributed by atoms with Crippen molar-refractivity contribution in [3.63, 3.8) is 0 Å². The maximum Gasteiger partial charge on any atom is 0.134 e. The molecular formula is C8H9F. The smallest absolute Gasteiger partial charge is 0.134 e. The van der Waals surface area contributed by atoms with E-state index in [0.717, 1.165) is 0 Å². The molecule has 0 radical (unpaired) electrons. The fourth-order valence-electron chi connectivity index (χ4n) is 0.340. The van der Waals surface area contributed by atoms with Crippen LogP contribution in [-0.4, -0.2) is 0 Å². The van der Waals surface area contributed by atoms with E-state index >= 15 is 0 Å². The Morgan fingerprint density at radius 2 is 2.22 bits per heavy atom. The van der Waals surface area contributed by atoms with Crippen molar-refractivity contribution in [1.82, 2.24) is 0 Å². The Labute approximate surface area is 55.1 Å². The molecular weight excluding hydrogens is 115 g/mol. The minimum atomic E-state index is -0.333. The van der Waals surface area contributed by atoms with Gasteiger partial charge < -0.3 is 0 Å². The highest BCUT2D eigenvalue weighted by atomic mass is 19.1. The summed E-state index contributed by atoms with van der Waals surface area (Å²) in [6.45, 7) is 3.30. The maximum atomic E-state index is 12.4. The number of halogens is 1. The third-order valence-corrected chi connectivity index (χ3v) is 0.888. The predicted octanol–water partition coefficient (Wildman–Crippen LogP) is 2.44. The molecule has 0 aliphatic rings. The number of hydrogen-bond acceptors (Lipinski definition) is 0. The highest BCUT2D eigenvalue weighted by Crippen LogP contribution is 2.04. The number of hydrogen-bond donors (Lipinski definition) is 0. The highest BCUT2D eigenvalue weighted by Gasteiger charge is 1.89. The summed E-state index contributed by atoms with van der Waals surface area (Å²) in [7, 11) is 0. The van der Waals surface area contributed by atoms with E-state index in [0.29, 0.717) is 5.57 Å². The van der Waals surface area contributed by atoms with Crippen LogP contribution in [-0.2, 0) is 0 Å². The molecule has 0 spiro atoms. The second kappa shape index (κ2) is 3.91. The van der Waals surface area contributed by atoms with Crippen LogP contribution in [0.3, 0.4) is 0 Å². The van der Waals surface area contributed by atoms with Crippen LogP contribution in [0.15, 0.2) is 23.6 Å². The van der Waals surface area contributed by atoms with Crippen LogP contribution >= 0.6 is 0 Å². The molecule has 0 heterocycles. The van der Waals surface area contributed by atoms with Gasteiger partial charge in [-0.1, -0.05) is 12.0 Å². The summed E-state index contributed by atoms with van der Waals surface area (Å²) >= 11 is 0. The van der Waals surface area contributed by atoms with Gasteiger partial charge in [0.25, 0.3) is 0 Å². The van der Waals surface area contributed by atoms with Crippen LogP contribution in [0.2, 0.25) is 0 Å². The van der Waals surface area contributed by atoms with E-state index in [-0.39, 0.29) is 5.83 Å². The third kappa shape index (κ3) is 2.71. The Hall–Kier alpha value is -1.03. The van der Waals surface area contributed by atoms with Gasteiger partial charge in [0, 0.05) is 5.57 Å². The molecule has 0 saturated carbocycles. The largest absolute Gasteiger partial charge is 0.206 e. The van der Waals surface area contributed by atoms with Crippen LogP contribution in [0.25, 0.3) is 0 Å². The molecule has 0 atom stereocenters. The van der Waals surface area contributed by atoms with Crippen molar-refractivity contribution in [1.29, 1.82) is 0 Å². The third-order valence-electron chi connectivity index (χ3n) is 0.888. The first kappa shape index (κ1) is 7.97. The van der Waals surface area contributed by atoms with Gasteiger partial charge in [-0.25, -0.2) is 4.39 Å². The van der Waals surface area contributed by atoms with Crippen LogP contribution < -0.4 is 0 Å². The van der Waals surface area contributed by atoms with Gasteiger partial charge in [0.2, 0.25) is 0 Å². The van der Waals surface area contributed by atoms with E-state index < -0.39 is 0 Å². The fraction of sp³-hybridized carbons (Fsp3) is 0.250. The molecule has 0 saturated heterocycles. The van der Waals surface area contributed by atoms with Crippen molar-refractivity contribution in [2.45, 2.75) is 13.8 Å². The van der Waals surface area contributed by atoms with E-state index in [4.69, 9.17) is 6.42 Å². The molecule has 0 aromatic carbocycles. The molecule has 48 valence electrons. The summed E-state index contributed by atoms with van der Waals surface area (Å²) in [5.41, 5.74) is 0.341. The summed E-state index contributed by atoms with van der Waals surface area (Å²) in [5, 5.41) is 0. The quantitative estimate of drug-likeness (QED) is 0.372. The zero-order valence-electron chi connectivity index (χ0n) is 5.61. The highest BCUT2D eigenvalue weighted by molar-refractivity contribution is 5.31. The molecule has 0 bridgehead atoms. The van der Waals surface area contributed by atoms with Gasteiger partial charge in [0.05, 0.1) is 0 Å². The first-order valence-corrected chi connectivity index (χ1v) is 2.68. The van der Waals surface area contributed by atoms with Crippen molar-refractivity contribution in [2.24, 2.45) is 0 Å². The standard InChI is InChI=1S/C8H9F/c1-4-6-8(9)7(3)5-2/h2,4,6H,1,3H3/b6-4-,8-7-. The van der Waals surface area contributed by atoms with Gasteiger partial charge in [-0.15, -0.1) is 6.42 Å². The number of rotatable bonds is 1. The number of terminal acetylenes is 1. The minimum Gasteiger partial charge on any atom is -0.206 e. The Kier molecular flexibility index (Phi) is 3.46. The van der Waals surface area contributed by atoms with Gasteiger partial charge in [-0.2, -0.15) is 0 Å². The second-order valence-corrected chi connectivity index (χ2v) is 1.62. The molecule has 0 aromatic rings. The van der Waals surface area contributed by atoms with Gasteiger partial charge in [0.1, 0.15) is 5.83 Å². The maximum absolute atomic E-state index is 12.4. The van der Waals surface area contributed by atoms with Gasteiger partial charge in [0.15, 0.2) is 0 Å². The second-order valence-electron chi connectivity index (χ2n) is 1.62. The molecule has 0 nitrogen and oxygen atoms in total. The monoisotopic (exact) mass is 124 g/mol. The van der Waals surface area contributed by atoms with Gasteiger partial charge in [-0.05, 0) is 19.9 Å². The fourth-order valence-corrected chi connectivity index (χ4v) is 0.340. The molecule has 0 unspecified atom stereocenters. The van der Waals surface area contributed by atoms with Gasteiger partial charge >= 0.3 is 0 Å². The lowest BCUT2D eigenvalue weighted by atomic mass is 10.3. The Morgan fingerprint density at radius 3 is 2.56 bits per heavy atom. The van der Waals surface area contributed by atoms with Crippen molar-refractivity contribution in [2.75, 3.05) is 0 Å². The molecule has 0 aromatic heterocycles. The summed E-state index contributed by atoms with van der Waals surface area (Å²) in [6, 6.07) is 0. The zero-order chi connectivity index (χ0) is 7.28. The topological polar surface area (TPSA) is 0 Å². The van der Waals surface area contributed by atoms with Crippen molar-refractivity contribution in [3.05, 3.63) is 23.6 Å². The molecule has 9 heavy (non-hydrogen) atoms. The van der Waals surface area contributed by atoms with E-state index in [1.165, 1.54) is 6.08 Å². The zero-order valence-corrected chi connectivity index (χ0v) is 5.61. The van der Waals surface area contributed by atoms with Gasteiger partial charge in [-0.3, -0.25) is 0 Å². The Balaban J connectivity index is 4.34.